The van der Waals surface area contributed by atoms with E-state index < -0.39 is 29.4 Å². The number of alkyl halides is 3. The molecule has 0 bridgehead atoms. The van der Waals surface area contributed by atoms with Gasteiger partial charge in [0.15, 0.2) is 0 Å². The van der Waals surface area contributed by atoms with Crippen LogP contribution in [0.25, 0.3) is 5.57 Å². The van der Waals surface area contributed by atoms with E-state index in [0.29, 0.717) is 10.6 Å². The minimum Gasteiger partial charge on any atom is -0.350 e. The van der Waals surface area contributed by atoms with Gasteiger partial charge in [-0.25, -0.2) is 9.29 Å². The molecule has 0 saturated heterocycles. The molecule has 0 atom stereocenters. The highest BCUT2D eigenvalue weighted by molar-refractivity contribution is 6.46. The molecule has 0 fully saturated rings. The molecule has 1 heterocycles. The van der Waals surface area contributed by atoms with Gasteiger partial charge in [-0.15, -0.1) is 0 Å². The highest BCUT2D eigenvalue weighted by Gasteiger charge is 2.41. The molecular weight excluding hydrogens is 436 g/mol. The lowest BCUT2D eigenvalue weighted by Crippen LogP contribution is -2.32. The zero-order chi connectivity index (χ0) is 23.9. The molecule has 1 N–H and O–H groups in total. The number of nitrogens with zero attached hydrogens (tertiary/aromatic N) is 1. The predicted octanol–water partition coefficient (Wildman–Crippen LogP) is 5.86. The molecule has 33 heavy (non-hydrogen) atoms. The summed E-state index contributed by atoms with van der Waals surface area (Å²) in [5.74, 6) is -2.15. The minimum absolute atomic E-state index is 0.0596. The fourth-order valence-corrected chi connectivity index (χ4v) is 3.55. The Balaban J connectivity index is 1.82. The predicted molar refractivity (Wildman–Crippen MR) is 117 cm³/mol. The Morgan fingerprint density at radius 3 is 2.15 bits per heavy atom. The average Bonchev–Trinajstić information content (AvgIpc) is 3.00. The average molecular weight is 454 g/mol. The van der Waals surface area contributed by atoms with Crippen LogP contribution in [0.3, 0.4) is 0 Å². The normalized spacial score (nSPS) is 14.3. The SMILES string of the molecule is Cc1ccc(NC2=C(c3ccc(F)cc3)C(=O)N(c3cccc(C(F)(F)F)c3)C2=O)cc1C. The van der Waals surface area contributed by atoms with Gasteiger partial charge < -0.3 is 5.32 Å². The zero-order valence-corrected chi connectivity index (χ0v) is 17.6. The van der Waals surface area contributed by atoms with Gasteiger partial charge >= 0.3 is 6.18 Å². The summed E-state index contributed by atoms with van der Waals surface area (Å²) in [6.07, 6.45) is -4.64. The van der Waals surface area contributed by atoms with E-state index in [9.17, 15) is 27.2 Å². The van der Waals surface area contributed by atoms with Crippen molar-refractivity contribution in [3.05, 3.63) is 100 Å². The molecule has 0 saturated carbocycles. The zero-order valence-electron chi connectivity index (χ0n) is 17.6. The maximum absolute atomic E-state index is 13.5. The van der Waals surface area contributed by atoms with E-state index in [1.807, 2.05) is 19.9 Å². The van der Waals surface area contributed by atoms with Gasteiger partial charge in [-0.2, -0.15) is 13.2 Å². The standard InChI is InChI=1S/C25H18F4N2O2/c1-14-6-11-19(12-15(14)2)30-22-21(16-7-9-18(26)10-8-16)23(32)31(24(22)33)20-5-3-4-17(13-20)25(27,28)29/h3-13,30H,1-2H3. The number of halogens is 4. The van der Waals surface area contributed by atoms with Crippen LogP contribution in [0, 0.1) is 19.7 Å². The molecule has 8 heteroatoms. The molecule has 1 aliphatic rings. The third kappa shape index (κ3) is 4.24. The lowest BCUT2D eigenvalue weighted by molar-refractivity contribution is -0.137. The van der Waals surface area contributed by atoms with Crippen molar-refractivity contribution in [3.63, 3.8) is 0 Å². The Morgan fingerprint density at radius 1 is 0.818 bits per heavy atom. The number of nitrogens with one attached hydrogen (secondary N) is 1. The molecule has 4 nitrogen and oxygen atoms in total. The first-order valence-electron chi connectivity index (χ1n) is 9.97. The Kier molecular flexibility index (Phi) is 5.53. The summed E-state index contributed by atoms with van der Waals surface area (Å²) in [6.45, 7) is 3.80. The quantitative estimate of drug-likeness (QED) is 0.397. The monoisotopic (exact) mass is 454 g/mol. The second-order valence-corrected chi connectivity index (χ2v) is 7.67. The molecule has 168 valence electrons. The smallest absolute Gasteiger partial charge is 0.350 e. The van der Waals surface area contributed by atoms with Crippen LogP contribution in [0.15, 0.2) is 72.4 Å². The van der Waals surface area contributed by atoms with Gasteiger partial charge in [-0.1, -0.05) is 24.3 Å². The van der Waals surface area contributed by atoms with E-state index in [4.69, 9.17) is 0 Å². The number of hydrogen-bond acceptors (Lipinski definition) is 3. The van der Waals surface area contributed by atoms with Crippen molar-refractivity contribution in [3.8, 4) is 0 Å². The van der Waals surface area contributed by atoms with Gasteiger partial charge in [0.25, 0.3) is 11.8 Å². The van der Waals surface area contributed by atoms with Gasteiger partial charge in [-0.05, 0) is 73.0 Å². The number of aryl methyl sites for hydroxylation is 2. The summed E-state index contributed by atoms with van der Waals surface area (Å²) in [5.41, 5.74) is 1.39. The van der Waals surface area contributed by atoms with Crippen LogP contribution in [-0.4, -0.2) is 11.8 Å². The van der Waals surface area contributed by atoms with E-state index >= 15 is 0 Å². The van der Waals surface area contributed by atoms with Gasteiger partial charge in [0.1, 0.15) is 11.5 Å². The molecule has 0 aromatic heterocycles. The van der Waals surface area contributed by atoms with Crippen molar-refractivity contribution in [1.82, 2.24) is 0 Å². The number of hydrogen-bond donors (Lipinski definition) is 1. The molecule has 2 amide bonds. The van der Waals surface area contributed by atoms with Crippen LogP contribution in [0.1, 0.15) is 22.3 Å². The lowest BCUT2D eigenvalue weighted by Gasteiger charge is -2.17. The summed E-state index contributed by atoms with van der Waals surface area (Å²) in [4.78, 5) is 27.3. The molecule has 0 unspecified atom stereocenters. The van der Waals surface area contributed by atoms with Crippen molar-refractivity contribution < 1.29 is 27.2 Å². The number of amides is 2. The maximum Gasteiger partial charge on any atom is 0.416 e. The van der Waals surface area contributed by atoms with Crippen molar-refractivity contribution in [2.24, 2.45) is 0 Å². The molecular formula is C25H18F4N2O2. The number of benzene rings is 3. The van der Waals surface area contributed by atoms with Crippen molar-refractivity contribution in [2.45, 2.75) is 20.0 Å². The minimum atomic E-state index is -4.64. The first-order chi connectivity index (χ1) is 15.6. The van der Waals surface area contributed by atoms with Crippen LogP contribution >= 0.6 is 0 Å². The van der Waals surface area contributed by atoms with E-state index in [1.165, 1.54) is 18.2 Å². The Hall–Kier alpha value is -3.94. The van der Waals surface area contributed by atoms with Crippen LogP contribution < -0.4 is 10.2 Å². The molecule has 1 aliphatic heterocycles. The Bertz CT molecular complexity index is 1290. The number of imide groups is 1. The van der Waals surface area contributed by atoms with E-state index in [-0.39, 0.29) is 22.5 Å². The summed E-state index contributed by atoms with van der Waals surface area (Å²) >= 11 is 0. The maximum atomic E-state index is 13.5. The first-order valence-corrected chi connectivity index (χ1v) is 9.97. The summed E-state index contributed by atoms with van der Waals surface area (Å²) in [6, 6.07) is 14.3. The van der Waals surface area contributed by atoms with Gasteiger partial charge in [-0.3, -0.25) is 9.59 Å². The topological polar surface area (TPSA) is 49.4 Å². The van der Waals surface area contributed by atoms with Gasteiger partial charge in [0.2, 0.25) is 0 Å². The van der Waals surface area contributed by atoms with E-state index in [2.05, 4.69) is 5.32 Å². The summed E-state index contributed by atoms with van der Waals surface area (Å²) < 4.78 is 53.1. The number of rotatable bonds is 4. The third-order valence-corrected chi connectivity index (χ3v) is 5.42. The Labute approximate surface area is 187 Å². The summed E-state index contributed by atoms with van der Waals surface area (Å²) in [5, 5.41) is 2.95. The highest BCUT2D eigenvalue weighted by atomic mass is 19.4. The third-order valence-electron chi connectivity index (χ3n) is 5.42. The first kappa shape index (κ1) is 22.3. The second kappa shape index (κ2) is 8.20. The lowest BCUT2D eigenvalue weighted by atomic mass is 10.0. The fraction of sp³-hybridized carbons (Fsp3) is 0.120. The van der Waals surface area contributed by atoms with Crippen LogP contribution in [0.4, 0.5) is 28.9 Å². The van der Waals surface area contributed by atoms with Crippen LogP contribution in [-0.2, 0) is 15.8 Å². The molecule has 0 spiro atoms. The fourth-order valence-electron chi connectivity index (χ4n) is 3.55. The van der Waals surface area contributed by atoms with E-state index in [1.54, 1.807) is 12.1 Å². The molecule has 3 aromatic rings. The largest absolute Gasteiger partial charge is 0.416 e. The molecule has 3 aromatic carbocycles. The molecule has 0 aliphatic carbocycles. The Morgan fingerprint density at radius 2 is 1.52 bits per heavy atom. The van der Waals surface area contributed by atoms with Gasteiger partial charge in [0, 0.05) is 5.69 Å². The number of carbonyl (C=O) groups excluding carboxylic acids is 2. The highest BCUT2D eigenvalue weighted by Crippen LogP contribution is 2.37. The van der Waals surface area contributed by atoms with Crippen molar-refractivity contribution in [1.29, 1.82) is 0 Å². The second-order valence-electron chi connectivity index (χ2n) is 7.67. The van der Waals surface area contributed by atoms with E-state index in [0.717, 1.165) is 41.5 Å². The molecule has 4 rings (SSSR count). The van der Waals surface area contributed by atoms with Crippen LogP contribution in [0.5, 0.6) is 0 Å². The van der Waals surface area contributed by atoms with Crippen LogP contribution in [0.2, 0.25) is 0 Å². The van der Waals surface area contributed by atoms with Gasteiger partial charge in [0.05, 0.1) is 16.8 Å². The number of anilines is 2. The number of carbonyl (C=O) groups is 2. The van der Waals surface area contributed by atoms with Crippen molar-refractivity contribution >= 4 is 28.8 Å². The molecule has 0 radical (unpaired) electrons. The van der Waals surface area contributed by atoms with Crippen molar-refractivity contribution in [2.75, 3.05) is 10.2 Å². The summed E-state index contributed by atoms with van der Waals surface area (Å²) in [7, 11) is 0.